The van der Waals surface area contributed by atoms with Crippen molar-refractivity contribution in [3.8, 4) is 0 Å². The number of nitrogens with two attached hydrogens (primary N) is 1. The number of rotatable bonds is 21. The molecular weight excluding hydrogens is 598 g/mol. The number of aliphatic carboxylic acids is 4. The summed E-state index contributed by atoms with van der Waals surface area (Å²) in [6.45, 7) is 2.27. The van der Waals surface area contributed by atoms with E-state index in [0.717, 1.165) is 0 Å². The highest BCUT2D eigenvalue weighted by atomic mass is 16.4. The Hall–Kier alpha value is -3.87. The lowest BCUT2D eigenvalue weighted by Gasteiger charge is -2.34. The first-order chi connectivity index (χ1) is 21.0. The summed E-state index contributed by atoms with van der Waals surface area (Å²) in [5.41, 5.74) is 10.5. The van der Waals surface area contributed by atoms with E-state index in [2.05, 4.69) is 10.9 Å². The van der Waals surface area contributed by atoms with Gasteiger partial charge >= 0.3 is 23.9 Å². The van der Waals surface area contributed by atoms with E-state index >= 15 is 0 Å². The third-order valence-electron chi connectivity index (χ3n) is 7.09. The Morgan fingerprint density at radius 3 is 1.53 bits per heavy atom. The summed E-state index contributed by atoms with van der Waals surface area (Å²) in [5, 5.41) is 36.5. The van der Waals surface area contributed by atoms with Gasteiger partial charge in [0.2, 0.25) is 11.8 Å². The number of carboxylic acid groups (broad SMARTS) is 4. The summed E-state index contributed by atoms with van der Waals surface area (Å²) in [7, 11) is 0. The number of carbonyl (C=O) groups excluding carboxylic acids is 3. The molecular formula is C27H47N7O11. The summed E-state index contributed by atoms with van der Waals surface area (Å²) < 4.78 is 0. The number of amides is 3. The molecule has 0 aliphatic carbocycles. The molecule has 18 nitrogen and oxygen atoms in total. The van der Waals surface area contributed by atoms with Crippen molar-refractivity contribution in [2.45, 2.75) is 45.6 Å². The van der Waals surface area contributed by atoms with Crippen LogP contribution in [0.3, 0.4) is 0 Å². The molecule has 256 valence electrons. The fourth-order valence-electron chi connectivity index (χ4n) is 4.86. The number of hydrogen-bond donors (Lipinski definition) is 7. The van der Waals surface area contributed by atoms with Gasteiger partial charge in [0.25, 0.3) is 5.91 Å². The van der Waals surface area contributed by atoms with Gasteiger partial charge in [-0.2, -0.15) is 0 Å². The van der Waals surface area contributed by atoms with Crippen LogP contribution in [-0.2, 0) is 33.6 Å². The topological polar surface area (TPSA) is 263 Å². The van der Waals surface area contributed by atoms with E-state index in [4.69, 9.17) is 26.2 Å². The molecule has 0 unspecified atom stereocenters. The van der Waals surface area contributed by atoms with Gasteiger partial charge in [-0.25, -0.2) is 0 Å². The molecule has 0 aromatic rings. The SMILES string of the molecule is CC(C)C[C@H](N)C(=O)NNC(=O)CC1CCN(C(=O)CN(CCN(CC(=O)O)CC(=O)O)CCN(CC(=O)O)CC(=O)O)CC1. The molecule has 0 aromatic carbocycles. The van der Waals surface area contributed by atoms with Gasteiger partial charge in [-0.1, -0.05) is 13.8 Å². The van der Waals surface area contributed by atoms with Gasteiger partial charge in [0, 0.05) is 45.7 Å². The predicted molar refractivity (Wildman–Crippen MR) is 157 cm³/mol. The summed E-state index contributed by atoms with van der Waals surface area (Å²) in [5.74, 6) is -5.90. The van der Waals surface area contributed by atoms with Crippen molar-refractivity contribution in [2.75, 3.05) is 72.0 Å². The molecule has 0 radical (unpaired) electrons. The zero-order valence-corrected chi connectivity index (χ0v) is 25.9. The van der Waals surface area contributed by atoms with Gasteiger partial charge in [0.15, 0.2) is 0 Å². The molecule has 0 saturated carbocycles. The molecule has 8 N–H and O–H groups in total. The minimum Gasteiger partial charge on any atom is -0.480 e. The maximum atomic E-state index is 13.2. The standard InChI is InChI=1S/C27H47N7O11/c1-18(2)11-20(28)27(45)30-29-21(35)12-19-3-5-34(6-4-19)22(36)13-31(7-9-32(14-23(37)38)15-24(39)40)8-10-33(16-25(41)42)17-26(43)44/h18-20H,3-17,28H2,1-2H3,(H,29,35)(H,30,45)(H,37,38)(H,39,40)(H,41,42)(H,43,44)/t20-/m0/s1. The molecule has 3 amide bonds. The number of nitrogens with one attached hydrogen (secondary N) is 2. The zero-order valence-electron chi connectivity index (χ0n) is 25.9. The third-order valence-corrected chi connectivity index (χ3v) is 7.09. The van der Waals surface area contributed by atoms with Crippen LogP contribution in [0.25, 0.3) is 0 Å². The van der Waals surface area contributed by atoms with Crippen LogP contribution < -0.4 is 16.6 Å². The Kier molecular flexibility index (Phi) is 17.6. The molecule has 1 saturated heterocycles. The summed E-state index contributed by atoms with van der Waals surface area (Å²) in [4.78, 5) is 87.9. The number of carbonyl (C=O) groups is 7. The van der Waals surface area contributed by atoms with Crippen LogP contribution >= 0.6 is 0 Å². The quantitative estimate of drug-likeness (QED) is 0.0630. The van der Waals surface area contributed by atoms with Gasteiger partial charge in [-0.3, -0.25) is 59.1 Å². The summed E-state index contributed by atoms with van der Waals surface area (Å²) in [6.07, 6.45) is 1.66. The molecule has 0 spiro atoms. The Labute approximate surface area is 261 Å². The Morgan fingerprint density at radius 1 is 0.711 bits per heavy atom. The smallest absolute Gasteiger partial charge is 0.317 e. The second-order valence-electron chi connectivity index (χ2n) is 11.6. The van der Waals surface area contributed by atoms with E-state index in [1.807, 2.05) is 13.8 Å². The number of piperidine rings is 1. The monoisotopic (exact) mass is 645 g/mol. The van der Waals surface area contributed by atoms with Crippen molar-refractivity contribution in [3.63, 3.8) is 0 Å². The lowest BCUT2D eigenvalue weighted by Crippen LogP contribution is -2.50. The third kappa shape index (κ3) is 17.9. The van der Waals surface area contributed by atoms with Gasteiger partial charge in [-0.05, 0) is 31.1 Å². The normalized spacial score (nSPS) is 14.5. The first-order valence-corrected chi connectivity index (χ1v) is 14.7. The van der Waals surface area contributed by atoms with E-state index in [0.29, 0.717) is 32.4 Å². The molecule has 0 aromatic heterocycles. The van der Waals surface area contributed by atoms with E-state index in [9.17, 15) is 33.6 Å². The number of nitrogens with zero attached hydrogens (tertiary/aromatic N) is 4. The highest BCUT2D eigenvalue weighted by molar-refractivity contribution is 5.85. The van der Waals surface area contributed by atoms with Crippen LogP contribution in [0, 0.1) is 11.8 Å². The highest BCUT2D eigenvalue weighted by Crippen LogP contribution is 2.20. The second kappa shape index (κ2) is 20.2. The highest BCUT2D eigenvalue weighted by Gasteiger charge is 2.27. The van der Waals surface area contributed by atoms with Gasteiger partial charge < -0.3 is 31.1 Å². The average molecular weight is 646 g/mol. The first-order valence-electron chi connectivity index (χ1n) is 14.7. The van der Waals surface area contributed by atoms with Crippen LogP contribution in [0.4, 0.5) is 0 Å². The Morgan fingerprint density at radius 2 is 1.13 bits per heavy atom. The largest absolute Gasteiger partial charge is 0.480 e. The van der Waals surface area contributed by atoms with E-state index in [-0.39, 0.29) is 62.8 Å². The zero-order chi connectivity index (χ0) is 34.1. The van der Waals surface area contributed by atoms with Crippen molar-refractivity contribution < 1.29 is 54.0 Å². The molecule has 1 aliphatic rings. The Balaban J connectivity index is 2.75. The van der Waals surface area contributed by atoms with E-state index < -0.39 is 62.0 Å². The van der Waals surface area contributed by atoms with Crippen molar-refractivity contribution in [3.05, 3.63) is 0 Å². The van der Waals surface area contributed by atoms with Crippen LogP contribution in [-0.4, -0.2) is 160 Å². The lowest BCUT2D eigenvalue weighted by molar-refractivity contribution is -0.143. The van der Waals surface area contributed by atoms with Crippen molar-refractivity contribution >= 4 is 41.6 Å². The number of hydrazine groups is 1. The maximum Gasteiger partial charge on any atom is 0.317 e. The Bertz CT molecular complexity index is 963. The molecule has 1 atom stereocenters. The fourth-order valence-corrected chi connectivity index (χ4v) is 4.86. The maximum absolute atomic E-state index is 13.2. The fraction of sp³-hybridized carbons (Fsp3) is 0.741. The molecule has 1 aliphatic heterocycles. The van der Waals surface area contributed by atoms with Crippen molar-refractivity contribution in [1.29, 1.82) is 0 Å². The van der Waals surface area contributed by atoms with E-state index in [1.54, 1.807) is 9.80 Å². The van der Waals surface area contributed by atoms with Gasteiger partial charge in [-0.15, -0.1) is 0 Å². The summed E-state index contributed by atoms with van der Waals surface area (Å²) >= 11 is 0. The molecule has 45 heavy (non-hydrogen) atoms. The van der Waals surface area contributed by atoms with E-state index in [1.165, 1.54) is 9.80 Å². The average Bonchev–Trinajstić information content (AvgIpc) is 2.91. The van der Waals surface area contributed by atoms with Crippen molar-refractivity contribution in [2.24, 2.45) is 17.6 Å². The van der Waals surface area contributed by atoms with Crippen LogP contribution in [0.15, 0.2) is 0 Å². The lowest BCUT2D eigenvalue weighted by atomic mass is 9.93. The molecule has 1 heterocycles. The minimum atomic E-state index is -1.23. The minimum absolute atomic E-state index is 0.0279. The van der Waals surface area contributed by atoms with Crippen LogP contribution in [0.2, 0.25) is 0 Å². The van der Waals surface area contributed by atoms with Crippen molar-refractivity contribution in [1.82, 2.24) is 30.5 Å². The van der Waals surface area contributed by atoms with Crippen LogP contribution in [0.1, 0.15) is 39.5 Å². The second-order valence-corrected chi connectivity index (χ2v) is 11.6. The molecule has 18 heteroatoms. The van der Waals surface area contributed by atoms with Gasteiger partial charge in [0.05, 0.1) is 38.8 Å². The van der Waals surface area contributed by atoms with Gasteiger partial charge in [0.1, 0.15) is 0 Å². The number of carboxylic acids is 4. The molecule has 1 fully saturated rings. The predicted octanol–water partition coefficient (Wildman–Crippen LogP) is -2.62. The molecule has 1 rings (SSSR count). The number of likely N-dealkylation sites (tertiary alicyclic amines) is 1. The molecule has 0 bridgehead atoms. The first kappa shape index (κ1) is 39.2. The number of hydrogen-bond acceptors (Lipinski definition) is 11. The summed E-state index contributed by atoms with van der Waals surface area (Å²) in [6, 6.07) is -0.742. The van der Waals surface area contributed by atoms with Crippen LogP contribution in [0.5, 0.6) is 0 Å².